The number of aromatic carboxylic acids is 1. The molecule has 1 aromatic rings. The van der Waals surface area contributed by atoms with E-state index in [1.807, 2.05) is 12.1 Å². The second-order valence-corrected chi connectivity index (χ2v) is 16.2. The van der Waals surface area contributed by atoms with Gasteiger partial charge in [-0.15, -0.1) is 0 Å². The molecule has 41 heavy (non-hydrogen) atoms. The van der Waals surface area contributed by atoms with Crippen LogP contribution in [0.4, 0.5) is 0 Å². The first-order valence-corrected chi connectivity index (χ1v) is 16.9. The number of nitrogens with zero attached hydrogens (tertiary/aromatic N) is 1. The van der Waals surface area contributed by atoms with Gasteiger partial charge < -0.3 is 15.3 Å². The summed E-state index contributed by atoms with van der Waals surface area (Å²) < 4.78 is 0. The number of nitrogens with one attached hydrogen (secondary N) is 1. The molecule has 0 radical (unpaired) electrons. The molecule has 1 aromatic carbocycles. The van der Waals surface area contributed by atoms with Gasteiger partial charge in [0.05, 0.1) is 5.56 Å². The lowest BCUT2D eigenvalue weighted by Crippen LogP contribution is -2.63. The third-order valence-electron chi connectivity index (χ3n) is 13.8. The van der Waals surface area contributed by atoms with Gasteiger partial charge in [-0.05, 0) is 160 Å². The highest BCUT2D eigenvalue weighted by molar-refractivity contribution is 5.88. The topological polar surface area (TPSA) is 52.6 Å². The number of hydrogen-bond acceptors (Lipinski definition) is 3. The van der Waals surface area contributed by atoms with Crippen LogP contribution in [-0.4, -0.2) is 48.7 Å². The van der Waals surface area contributed by atoms with Crippen molar-refractivity contribution in [2.75, 3.05) is 27.2 Å². The monoisotopic (exact) mass is 560 g/mol. The molecule has 4 heteroatoms. The Balaban J connectivity index is 1.23. The van der Waals surface area contributed by atoms with Crippen LogP contribution in [0.25, 0.3) is 5.57 Å². The van der Waals surface area contributed by atoms with Crippen molar-refractivity contribution in [3.63, 3.8) is 0 Å². The molecule has 0 spiro atoms. The lowest BCUT2D eigenvalue weighted by atomic mass is 9.37. The number of hydrogen-bond donors (Lipinski definition) is 2. The summed E-state index contributed by atoms with van der Waals surface area (Å²) in [5, 5.41) is 13.6. The van der Waals surface area contributed by atoms with Crippen molar-refractivity contribution in [3.05, 3.63) is 41.5 Å². The maximum atomic E-state index is 11.5. The van der Waals surface area contributed by atoms with Gasteiger partial charge in [-0.1, -0.05) is 52.3 Å². The van der Waals surface area contributed by atoms with Crippen molar-refractivity contribution in [1.82, 2.24) is 10.2 Å². The molecule has 0 bridgehead atoms. The standard InChI is InChI=1S/C37H56N2O2/c1-34(2)28(25-10-12-26(13-11-25)33(40)41)16-20-36(4)31(34)18-21-35(3)29-17-22-37(38-23-8-24-39(5)6)19-7-9-30(37)27(29)14-15-32(35)36/h10-13,16,27,29-32,38H,7-9,14-15,17-24H2,1-6H3,(H,40,41)/t27-,29?,30?,31?,32?,35?,36?,37?/m0/s1. The summed E-state index contributed by atoms with van der Waals surface area (Å²) in [6, 6.07) is 7.65. The molecule has 7 unspecified atom stereocenters. The van der Waals surface area contributed by atoms with E-state index in [0.717, 1.165) is 30.1 Å². The fourth-order valence-corrected chi connectivity index (χ4v) is 12.1. The van der Waals surface area contributed by atoms with E-state index in [1.165, 1.54) is 88.4 Å². The van der Waals surface area contributed by atoms with Crippen molar-refractivity contribution >= 4 is 11.5 Å². The van der Waals surface area contributed by atoms with Crippen LogP contribution in [0.15, 0.2) is 30.3 Å². The maximum Gasteiger partial charge on any atom is 0.335 e. The van der Waals surface area contributed by atoms with Crippen LogP contribution < -0.4 is 5.32 Å². The van der Waals surface area contributed by atoms with Gasteiger partial charge in [-0.2, -0.15) is 0 Å². The average molecular weight is 561 g/mol. The molecule has 5 aliphatic rings. The minimum absolute atomic E-state index is 0.0829. The number of carboxylic acids is 1. The smallest absolute Gasteiger partial charge is 0.335 e. The second kappa shape index (κ2) is 10.5. The Labute approximate surface area is 249 Å². The Kier molecular flexibility index (Phi) is 7.54. The van der Waals surface area contributed by atoms with E-state index in [0.29, 0.717) is 27.9 Å². The van der Waals surface area contributed by atoms with E-state index >= 15 is 0 Å². The molecule has 6 rings (SSSR count). The predicted molar refractivity (Wildman–Crippen MR) is 169 cm³/mol. The number of carboxylic acid groups (broad SMARTS) is 1. The van der Waals surface area contributed by atoms with E-state index < -0.39 is 5.97 Å². The summed E-state index contributed by atoms with van der Waals surface area (Å²) in [6.07, 6.45) is 17.6. The van der Waals surface area contributed by atoms with Crippen LogP contribution in [0.1, 0.15) is 114 Å². The molecule has 8 atom stereocenters. The zero-order valence-electron chi connectivity index (χ0n) is 26.8. The average Bonchev–Trinajstić information content (AvgIpc) is 3.35. The Hall–Kier alpha value is -1.65. The zero-order chi connectivity index (χ0) is 29.2. The van der Waals surface area contributed by atoms with Crippen molar-refractivity contribution < 1.29 is 9.90 Å². The molecule has 5 aliphatic carbocycles. The zero-order valence-corrected chi connectivity index (χ0v) is 26.8. The minimum Gasteiger partial charge on any atom is -0.478 e. The lowest BCUT2D eigenvalue weighted by Gasteiger charge is -2.68. The second-order valence-electron chi connectivity index (χ2n) is 16.2. The SMILES string of the molecule is CN(C)CCCNC12CCCC1[C@H]1CCC3C(C)(CCC4C(C)(C)C(c5ccc(C(=O)O)cc5)=CCC43C)C1CC2. The molecular formula is C37H56N2O2. The van der Waals surface area contributed by atoms with Crippen molar-refractivity contribution in [2.24, 2.45) is 45.8 Å². The Morgan fingerprint density at radius 3 is 2.37 bits per heavy atom. The quantitative estimate of drug-likeness (QED) is 0.331. The number of benzene rings is 1. The molecule has 2 N–H and O–H groups in total. The lowest BCUT2D eigenvalue weighted by molar-refractivity contribution is -0.172. The largest absolute Gasteiger partial charge is 0.478 e. The Bertz CT molecular complexity index is 1170. The maximum absolute atomic E-state index is 11.5. The molecule has 4 saturated carbocycles. The first-order chi connectivity index (χ1) is 19.4. The van der Waals surface area contributed by atoms with E-state index in [1.54, 1.807) is 12.1 Å². The van der Waals surface area contributed by atoms with Crippen molar-refractivity contribution in [2.45, 2.75) is 104 Å². The summed E-state index contributed by atoms with van der Waals surface area (Å²) in [5.41, 5.74) is 4.31. The molecule has 226 valence electrons. The fraction of sp³-hybridized carbons (Fsp3) is 0.757. The van der Waals surface area contributed by atoms with Crippen LogP contribution in [0, 0.1) is 45.8 Å². The first kappa shape index (κ1) is 29.4. The summed E-state index contributed by atoms with van der Waals surface area (Å²) in [4.78, 5) is 13.8. The molecule has 4 fully saturated rings. The predicted octanol–water partition coefficient (Wildman–Crippen LogP) is 8.14. The summed E-state index contributed by atoms with van der Waals surface area (Å²) in [6.45, 7) is 12.7. The van der Waals surface area contributed by atoms with Gasteiger partial charge in [0.2, 0.25) is 0 Å². The molecule has 0 aliphatic heterocycles. The number of carbonyl (C=O) groups is 1. The van der Waals surface area contributed by atoms with Gasteiger partial charge in [0.25, 0.3) is 0 Å². The highest BCUT2D eigenvalue weighted by atomic mass is 16.4. The van der Waals surface area contributed by atoms with Gasteiger partial charge in [-0.25, -0.2) is 4.79 Å². The number of rotatable bonds is 7. The van der Waals surface area contributed by atoms with Gasteiger partial charge in [0.15, 0.2) is 0 Å². The summed E-state index contributed by atoms with van der Waals surface area (Å²) in [5.74, 6) is 3.29. The van der Waals surface area contributed by atoms with Gasteiger partial charge in [0.1, 0.15) is 0 Å². The van der Waals surface area contributed by atoms with Gasteiger partial charge >= 0.3 is 5.97 Å². The minimum atomic E-state index is -0.846. The van der Waals surface area contributed by atoms with Crippen molar-refractivity contribution in [1.29, 1.82) is 0 Å². The third kappa shape index (κ3) is 4.65. The molecule has 4 nitrogen and oxygen atoms in total. The highest BCUT2D eigenvalue weighted by Crippen LogP contribution is 2.72. The number of allylic oxidation sites excluding steroid dienone is 2. The first-order valence-electron chi connectivity index (χ1n) is 16.9. The Morgan fingerprint density at radius 2 is 1.66 bits per heavy atom. The van der Waals surface area contributed by atoms with Crippen LogP contribution in [-0.2, 0) is 0 Å². The van der Waals surface area contributed by atoms with Crippen molar-refractivity contribution in [3.8, 4) is 0 Å². The van der Waals surface area contributed by atoms with Crippen LogP contribution >= 0.6 is 0 Å². The number of fused-ring (bicyclic) bond motifs is 7. The Morgan fingerprint density at radius 1 is 0.902 bits per heavy atom. The van der Waals surface area contributed by atoms with E-state index in [2.05, 4.69) is 58.1 Å². The fourth-order valence-electron chi connectivity index (χ4n) is 12.1. The highest BCUT2D eigenvalue weighted by Gasteiger charge is 2.65. The molecule has 0 amide bonds. The molecule has 0 heterocycles. The summed E-state index contributed by atoms with van der Waals surface area (Å²) in [7, 11) is 4.39. The molecular weight excluding hydrogens is 504 g/mol. The van der Waals surface area contributed by atoms with Gasteiger partial charge in [0, 0.05) is 5.54 Å². The van der Waals surface area contributed by atoms with Crippen LogP contribution in [0.2, 0.25) is 0 Å². The normalized spacial score (nSPS) is 41.1. The summed E-state index contributed by atoms with van der Waals surface area (Å²) >= 11 is 0. The van der Waals surface area contributed by atoms with E-state index in [4.69, 9.17) is 0 Å². The third-order valence-corrected chi connectivity index (χ3v) is 13.8. The van der Waals surface area contributed by atoms with E-state index in [-0.39, 0.29) is 5.41 Å². The van der Waals surface area contributed by atoms with Gasteiger partial charge in [-0.3, -0.25) is 0 Å². The molecule has 0 saturated heterocycles. The van der Waals surface area contributed by atoms with Crippen LogP contribution in [0.5, 0.6) is 0 Å². The van der Waals surface area contributed by atoms with Crippen LogP contribution in [0.3, 0.4) is 0 Å². The van der Waals surface area contributed by atoms with E-state index in [9.17, 15) is 9.90 Å². The molecule has 0 aromatic heterocycles.